The van der Waals surface area contributed by atoms with Gasteiger partial charge in [-0.05, 0) is 19.4 Å². The third-order valence-corrected chi connectivity index (χ3v) is 4.15. The first-order valence-corrected chi connectivity index (χ1v) is 7.27. The molecule has 1 saturated heterocycles. The summed E-state index contributed by atoms with van der Waals surface area (Å²) in [6.07, 6.45) is -0.514. The van der Waals surface area contributed by atoms with Crippen molar-refractivity contribution in [2.45, 2.75) is 31.7 Å². The molecule has 2 aromatic rings. The summed E-state index contributed by atoms with van der Waals surface area (Å²) >= 11 is 0. The van der Waals surface area contributed by atoms with E-state index in [0.717, 1.165) is 5.56 Å². The Labute approximate surface area is 130 Å². The number of rotatable bonds is 3. The highest BCUT2D eigenvalue weighted by Crippen LogP contribution is 2.45. The first-order chi connectivity index (χ1) is 10.4. The van der Waals surface area contributed by atoms with Gasteiger partial charge in [0.15, 0.2) is 5.60 Å². The first-order valence-electron chi connectivity index (χ1n) is 7.27. The monoisotopic (exact) mass is 297 g/mol. The number of hydrogen-bond acceptors (Lipinski definition) is 3. The first kappa shape index (κ1) is 14.6. The molecule has 2 aromatic carbocycles. The molecule has 22 heavy (non-hydrogen) atoms. The summed E-state index contributed by atoms with van der Waals surface area (Å²) in [6.45, 7) is 3.74. The average Bonchev–Trinajstić information content (AvgIpc) is 2.69. The van der Waals surface area contributed by atoms with Gasteiger partial charge in [0.1, 0.15) is 0 Å². The molecular weight excluding hydrogens is 278 g/mol. The Morgan fingerprint density at radius 1 is 1.00 bits per heavy atom. The molecule has 3 rings (SSSR count). The fourth-order valence-corrected chi connectivity index (χ4v) is 2.92. The van der Waals surface area contributed by atoms with Crippen LogP contribution in [0, 0.1) is 0 Å². The second kappa shape index (κ2) is 5.14. The van der Waals surface area contributed by atoms with E-state index in [4.69, 9.17) is 4.74 Å². The Morgan fingerprint density at radius 3 is 2.14 bits per heavy atom. The molecular formula is C18H19NO3. The van der Waals surface area contributed by atoms with Crippen LogP contribution in [-0.4, -0.2) is 21.7 Å². The standard InChI is InChI=1S/C18H19NO3/c1-17(2)18(21,15-11-7-4-8-12-15)19(16(20)22-17)13-14-9-5-3-6-10-14/h3-12,21H,13H2,1-2H3. The van der Waals surface area contributed by atoms with E-state index in [2.05, 4.69) is 0 Å². The summed E-state index contributed by atoms with van der Waals surface area (Å²) in [5.41, 5.74) is -0.977. The van der Waals surface area contributed by atoms with Crippen molar-refractivity contribution in [3.05, 3.63) is 71.8 Å². The molecule has 114 valence electrons. The topological polar surface area (TPSA) is 49.8 Å². The molecule has 0 saturated carbocycles. The van der Waals surface area contributed by atoms with Crippen molar-refractivity contribution in [2.75, 3.05) is 0 Å². The van der Waals surface area contributed by atoms with Gasteiger partial charge in [0.2, 0.25) is 5.72 Å². The molecule has 1 fully saturated rings. The lowest BCUT2D eigenvalue weighted by molar-refractivity contribution is -0.151. The lowest BCUT2D eigenvalue weighted by Crippen LogP contribution is -2.52. The van der Waals surface area contributed by atoms with Crippen molar-refractivity contribution >= 4 is 6.09 Å². The van der Waals surface area contributed by atoms with E-state index in [1.54, 1.807) is 13.8 Å². The Bertz CT molecular complexity index is 669. The number of amides is 1. The van der Waals surface area contributed by atoms with Gasteiger partial charge in [-0.25, -0.2) is 4.79 Å². The van der Waals surface area contributed by atoms with Gasteiger partial charge in [-0.15, -0.1) is 0 Å². The van der Waals surface area contributed by atoms with Crippen molar-refractivity contribution in [1.82, 2.24) is 4.90 Å². The Hall–Kier alpha value is -2.33. The van der Waals surface area contributed by atoms with E-state index in [0.29, 0.717) is 5.56 Å². The molecule has 0 aliphatic carbocycles. The minimum Gasteiger partial charge on any atom is -0.438 e. The maximum atomic E-state index is 12.3. The number of carbonyl (C=O) groups is 1. The Kier molecular flexibility index (Phi) is 3.41. The van der Waals surface area contributed by atoms with E-state index < -0.39 is 17.4 Å². The molecule has 0 radical (unpaired) electrons. The minimum absolute atomic E-state index is 0.286. The molecule has 0 bridgehead atoms. The van der Waals surface area contributed by atoms with Crippen molar-refractivity contribution < 1.29 is 14.6 Å². The van der Waals surface area contributed by atoms with Crippen LogP contribution >= 0.6 is 0 Å². The normalized spacial score (nSPS) is 23.4. The smallest absolute Gasteiger partial charge is 0.413 e. The van der Waals surface area contributed by atoms with Crippen LogP contribution in [0.2, 0.25) is 0 Å². The lowest BCUT2D eigenvalue weighted by atomic mass is 9.87. The number of ether oxygens (including phenoxy) is 1. The molecule has 1 amide bonds. The van der Waals surface area contributed by atoms with E-state index >= 15 is 0 Å². The lowest BCUT2D eigenvalue weighted by Gasteiger charge is -2.38. The van der Waals surface area contributed by atoms with Crippen molar-refractivity contribution in [2.24, 2.45) is 0 Å². The van der Waals surface area contributed by atoms with Gasteiger partial charge in [0.05, 0.1) is 6.54 Å². The average molecular weight is 297 g/mol. The van der Waals surface area contributed by atoms with Crippen molar-refractivity contribution in [3.63, 3.8) is 0 Å². The molecule has 1 heterocycles. The number of aliphatic hydroxyl groups is 1. The van der Waals surface area contributed by atoms with Crippen LogP contribution in [0.1, 0.15) is 25.0 Å². The zero-order valence-electron chi connectivity index (χ0n) is 12.7. The van der Waals surface area contributed by atoms with Crippen LogP contribution < -0.4 is 0 Å². The van der Waals surface area contributed by atoms with Gasteiger partial charge in [0.25, 0.3) is 0 Å². The summed E-state index contributed by atoms with van der Waals surface area (Å²) in [5.74, 6) is 0. The highest BCUT2D eigenvalue weighted by Gasteiger charge is 2.60. The number of hydrogen-bond donors (Lipinski definition) is 1. The summed E-state index contributed by atoms with van der Waals surface area (Å²) < 4.78 is 5.44. The predicted octanol–water partition coefficient (Wildman–Crippen LogP) is 3.26. The largest absolute Gasteiger partial charge is 0.438 e. The van der Waals surface area contributed by atoms with Crippen molar-refractivity contribution in [3.8, 4) is 0 Å². The number of cyclic esters (lactones) is 1. The summed E-state index contributed by atoms with van der Waals surface area (Å²) in [7, 11) is 0. The molecule has 4 heteroatoms. The summed E-state index contributed by atoms with van der Waals surface area (Å²) in [5, 5.41) is 11.4. The molecule has 1 atom stereocenters. The van der Waals surface area contributed by atoms with Gasteiger partial charge < -0.3 is 9.84 Å². The maximum absolute atomic E-state index is 12.3. The molecule has 1 aliphatic rings. The fraction of sp³-hybridized carbons (Fsp3) is 0.278. The summed E-state index contributed by atoms with van der Waals surface area (Å²) in [6, 6.07) is 18.7. The van der Waals surface area contributed by atoms with Crippen LogP contribution in [0.5, 0.6) is 0 Å². The quantitative estimate of drug-likeness (QED) is 0.946. The van der Waals surface area contributed by atoms with Gasteiger partial charge in [-0.2, -0.15) is 0 Å². The van der Waals surface area contributed by atoms with Gasteiger partial charge in [0, 0.05) is 5.56 Å². The molecule has 0 aromatic heterocycles. The number of benzene rings is 2. The van der Waals surface area contributed by atoms with E-state index in [-0.39, 0.29) is 6.54 Å². The second-order valence-corrected chi connectivity index (χ2v) is 5.99. The van der Waals surface area contributed by atoms with Crippen LogP contribution in [0.25, 0.3) is 0 Å². The SMILES string of the molecule is CC1(C)OC(=O)N(Cc2ccccc2)C1(O)c1ccccc1. The van der Waals surface area contributed by atoms with E-state index in [1.165, 1.54) is 4.90 Å². The van der Waals surface area contributed by atoms with Crippen LogP contribution in [0.3, 0.4) is 0 Å². The van der Waals surface area contributed by atoms with Crippen molar-refractivity contribution in [1.29, 1.82) is 0 Å². The van der Waals surface area contributed by atoms with E-state index in [1.807, 2.05) is 60.7 Å². The third-order valence-electron chi connectivity index (χ3n) is 4.15. The molecule has 1 aliphatic heterocycles. The Balaban J connectivity index is 2.05. The second-order valence-electron chi connectivity index (χ2n) is 5.99. The van der Waals surface area contributed by atoms with Crippen LogP contribution in [-0.2, 0) is 17.0 Å². The predicted molar refractivity (Wildman–Crippen MR) is 82.9 cm³/mol. The molecule has 4 nitrogen and oxygen atoms in total. The fourth-order valence-electron chi connectivity index (χ4n) is 2.92. The van der Waals surface area contributed by atoms with Gasteiger partial charge in [-0.3, -0.25) is 4.90 Å². The zero-order chi connectivity index (χ0) is 15.8. The maximum Gasteiger partial charge on any atom is 0.413 e. The van der Waals surface area contributed by atoms with Gasteiger partial charge in [-0.1, -0.05) is 60.7 Å². The molecule has 1 unspecified atom stereocenters. The third kappa shape index (κ3) is 2.16. The number of carbonyl (C=O) groups excluding carboxylic acids is 1. The minimum atomic E-state index is -1.51. The highest BCUT2D eigenvalue weighted by molar-refractivity contribution is 5.73. The van der Waals surface area contributed by atoms with Crippen LogP contribution in [0.4, 0.5) is 4.79 Å². The van der Waals surface area contributed by atoms with Crippen LogP contribution in [0.15, 0.2) is 60.7 Å². The molecule has 0 spiro atoms. The number of nitrogens with zero attached hydrogens (tertiary/aromatic N) is 1. The zero-order valence-corrected chi connectivity index (χ0v) is 12.7. The molecule has 1 N–H and O–H groups in total. The Morgan fingerprint density at radius 2 is 1.55 bits per heavy atom. The summed E-state index contributed by atoms with van der Waals surface area (Å²) in [4.78, 5) is 13.7. The highest BCUT2D eigenvalue weighted by atomic mass is 16.6. The van der Waals surface area contributed by atoms with E-state index in [9.17, 15) is 9.90 Å². The van der Waals surface area contributed by atoms with Gasteiger partial charge >= 0.3 is 6.09 Å².